The summed E-state index contributed by atoms with van der Waals surface area (Å²) in [6, 6.07) is 20.7. The predicted octanol–water partition coefficient (Wildman–Crippen LogP) is 6.26. The molecule has 0 radical (unpaired) electrons. The quantitative estimate of drug-likeness (QED) is 0.171. The summed E-state index contributed by atoms with van der Waals surface area (Å²) in [6.45, 7) is 7.63. The van der Waals surface area contributed by atoms with Gasteiger partial charge in [-0.05, 0) is 79.1 Å². The predicted molar refractivity (Wildman–Crippen MR) is 173 cm³/mol. The molecule has 0 spiro atoms. The van der Waals surface area contributed by atoms with Crippen molar-refractivity contribution in [1.29, 1.82) is 0 Å². The SMILES string of the molecule is CC1CN(CC(O)Cn2ccc(-c3ccc4ncnc(Nc5ccc(OCc6cccc(F)c6)c(Cl)c5)c4c3)c2)C[C@H](C)N1. The monoisotopic (exact) mass is 614 g/mol. The summed E-state index contributed by atoms with van der Waals surface area (Å²) in [5.74, 6) is 0.845. The van der Waals surface area contributed by atoms with Crippen LogP contribution in [0.2, 0.25) is 5.02 Å². The zero-order valence-corrected chi connectivity index (χ0v) is 25.5. The minimum atomic E-state index is -0.460. The summed E-state index contributed by atoms with van der Waals surface area (Å²) < 4.78 is 21.3. The van der Waals surface area contributed by atoms with Crippen LogP contribution in [0.15, 0.2) is 85.5 Å². The van der Waals surface area contributed by atoms with Crippen LogP contribution in [-0.2, 0) is 13.2 Å². The first-order valence-electron chi connectivity index (χ1n) is 14.8. The van der Waals surface area contributed by atoms with Crippen molar-refractivity contribution >= 4 is 34.0 Å². The van der Waals surface area contributed by atoms with E-state index in [1.165, 1.54) is 18.5 Å². The van der Waals surface area contributed by atoms with E-state index >= 15 is 0 Å². The molecule has 3 heterocycles. The fourth-order valence-corrected chi connectivity index (χ4v) is 6.10. The van der Waals surface area contributed by atoms with Crippen LogP contribution in [0.4, 0.5) is 15.9 Å². The van der Waals surface area contributed by atoms with Gasteiger partial charge >= 0.3 is 0 Å². The zero-order chi connectivity index (χ0) is 30.6. The lowest BCUT2D eigenvalue weighted by atomic mass is 10.1. The van der Waals surface area contributed by atoms with Gasteiger partial charge in [-0.3, -0.25) is 4.90 Å². The van der Waals surface area contributed by atoms with Gasteiger partial charge in [-0.15, -0.1) is 0 Å². The number of nitrogens with zero attached hydrogens (tertiary/aromatic N) is 4. The number of anilines is 2. The molecule has 0 saturated carbocycles. The molecule has 1 fully saturated rings. The van der Waals surface area contributed by atoms with Crippen LogP contribution in [0, 0.1) is 5.82 Å². The van der Waals surface area contributed by atoms with Crippen LogP contribution in [0.1, 0.15) is 19.4 Å². The first-order valence-corrected chi connectivity index (χ1v) is 15.2. The zero-order valence-electron chi connectivity index (χ0n) is 24.8. The molecule has 10 heteroatoms. The number of nitrogens with one attached hydrogen (secondary N) is 2. The second-order valence-corrected chi connectivity index (χ2v) is 12.0. The molecule has 228 valence electrons. The van der Waals surface area contributed by atoms with Gasteiger partial charge in [-0.25, -0.2) is 14.4 Å². The Kier molecular flexibility index (Phi) is 9.09. The summed E-state index contributed by atoms with van der Waals surface area (Å²) in [4.78, 5) is 11.3. The van der Waals surface area contributed by atoms with Crippen LogP contribution in [-0.4, -0.2) is 62.4 Å². The summed E-state index contributed by atoms with van der Waals surface area (Å²) in [5.41, 5.74) is 4.33. The van der Waals surface area contributed by atoms with Crippen molar-refractivity contribution in [3.63, 3.8) is 0 Å². The molecule has 0 amide bonds. The molecule has 5 aromatic rings. The van der Waals surface area contributed by atoms with E-state index in [1.807, 2.05) is 29.0 Å². The molecular weight excluding hydrogens is 579 g/mol. The van der Waals surface area contributed by atoms with Crippen LogP contribution in [0.25, 0.3) is 22.0 Å². The van der Waals surface area contributed by atoms with E-state index in [-0.39, 0.29) is 12.4 Å². The summed E-state index contributed by atoms with van der Waals surface area (Å²) >= 11 is 6.52. The van der Waals surface area contributed by atoms with E-state index in [0.717, 1.165) is 46.4 Å². The van der Waals surface area contributed by atoms with Gasteiger partial charge < -0.3 is 25.0 Å². The Bertz CT molecular complexity index is 1740. The van der Waals surface area contributed by atoms with Gasteiger partial charge in [-0.1, -0.05) is 29.8 Å². The Labute approximate surface area is 261 Å². The summed E-state index contributed by atoms with van der Waals surface area (Å²) in [7, 11) is 0. The van der Waals surface area contributed by atoms with E-state index in [9.17, 15) is 9.50 Å². The molecule has 3 N–H and O–H groups in total. The molecule has 2 unspecified atom stereocenters. The number of aliphatic hydroxyl groups excluding tert-OH is 1. The molecule has 0 bridgehead atoms. The average Bonchev–Trinajstić information content (AvgIpc) is 3.44. The first kappa shape index (κ1) is 30.0. The number of hydrogen-bond donors (Lipinski definition) is 3. The number of rotatable bonds is 10. The maximum Gasteiger partial charge on any atom is 0.141 e. The Morgan fingerprint density at radius 2 is 1.86 bits per heavy atom. The van der Waals surface area contributed by atoms with Crippen LogP contribution in [0.5, 0.6) is 5.75 Å². The molecule has 2 aromatic heterocycles. The molecule has 6 rings (SSSR count). The van der Waals surface area contributed by atoms with Gasteiger partial charge in [0.2, 0.25) is 0 Å². The highest BCUT2D eigenvalue weighted by Gasteiger charge is 2.23. The van der Waals surface area contributed by atoms with Crippen LogP contribution < -0.4 is 15.4 Å². The van der Waals surface area contributed by atoms with Crippen molar-refractivity contribution in [2.24, 2.45) is 0 Å². The molecule has 8 nitrogen and oxygen atoms in total. The molecule has 44 heavy (non-hydrogen) atoms. The van der Waals surface area contributed by atoms with Crippen molar-refractivity contribution in [3.05, 3.63) is 102 Å². The number of β-amino-alcohol motifs (C(OH)–C–C–N with tert-alkyl or cyclic N) is 1. The average molecular weight is 615 g/mol. The Balaban J connectivity index is 1.13. The lowest BCUT2D eigenvalue weighted by Gasteiger charge is -2.37. The molecule has 3 atom stereocenters. The lowest BCUT2D eigenvalue weighted by molar-refractivity contribution is 0.0744. The summed E-state index contributed by atoms with van der Waals surface area (Å²) in [6.07, 6.45) is 5.14. The minimum absolute atomic E-state index is 0.207. The molecule has 0 aliphatic carbocycles. The number of hydrogen-bond acceptors (Lipinski definition) is 7. The van der Waals surface area contributed by atoms with Gasteiger partial charge in [0.05, 0.1) is 16.6 Å². The van der Waals surface area contributed by atoms with Crippen molar-refractivity contribution < 1.29 is 14.2 Å². The number of benzene rings is 3. The van der Waals surface area contributed by atoms with Crippen molar-refractivity contribution in [3.8, 4) is 16.9 Å². The van der Waals surface area contributed by atoms with Crippen molar-refractivity contribution in [1.82, 2.24) is 24.8 Å². The maximum absolute atomic E-state index is 13.5. The van der Waals surface area contributed by atoms with Crippen LogP contribution >= 0.6 is 11.6 Å². The third kappa shape index (κ3) is 7.36. The van der Waals surface area contributed by atoms with E-state index in [4.69, 9.17) is 16.3 Å². The fourth-order valence-electron chi connectivity index (χ4n) is 5.87. The third-order valence-corrected chi connectivity index (χ3v) is 8.02. The molecule has 1 saturated heterocycles. The largest absolute Gasteiger partial charge is 0.487 e. The van der Waals surface area contributed by atoms with E-state index in [0.29, 0.717) is 41.8 Å². The Hall–Kier alpha value is -4.02. The van der Waals surface area contributed by atoms with Gasteiger partial charge in [0.15, 0.2) is 0 Å². The highest BCUT2D eigenvalue weighted by Crippen LogP contribution is 2.32. The van der Waals surface area contributed by atoms with Gasteiger partial charge in [0.1, 0.15) is 30.3 Å². The van der Waals surface area contributed by atoms with Crippen molar-refractivity contribution in [2.45, 2.75) is 45.2 Å². The number of aliphatic hydroxyl groups is 1. The van der Waals surface area contributed by atoms with Gasteiger partial charge in [-0.2, -0.15) is 0 Å². The van der Waals surface area contributed by atoms with E-state index < -0.39 is 6.10 Å². The standard InChI is InChI=1S/C34H36ClFN6O2/c1-22-15-42(16-23(2)39-22)19-29(43)18-41-11-10-26(17-41)25-6-8-32-30(13-25)34(38-21-37-32)40-28-7-9-33(31(35)14-28)44-20-24-4-3-5-27(36)12-24/h3-14,17,21-23,29,39,43H,15-16,18-20H2,1-2H3,(H,37,38,40)/t22-,23?,29?/m0/s1. The van der Waals surface area contributed by atoms with Crippen LogP contribution in [0.3, 0.4) is 0 Å². The number of fused-ring (bicyclic) bond motifs is 1. The smallest absolute Gasteiger partial charge is 0.141 e. The Morgan fingerprint density at radius 3 is 2.66 bits per heavy atom. The highest BCUT2D eigenvalue weighted by molar-refractivity contribution is 6.32. The topological polar surface area (TPSA) is 87.5 Å². The second kappa shape index (κ2) is 13.3. The number of ether oxygens (including phenoxy) is 1. The summed E-state index contributed by atoms with van der Waals surface area (Å²) in [5, 5.41) is 19.0. The lowest BCUT2D eigenvalue weighted by Crippen LogP contribution is -2.55. The highest BCUT2D eigenvalue weighted by atomic mass is 35.5. The molecule has 1 aliphatic heterocycles. The molecular formula is C34H36ClFN6O2. The van der Waals surface area contributed by atoms with Gasteiger partial charge in [0, 0.05) is 61.7 Å². The third-order valence-electron chi connectivity index (χ3n) is 7.72. The van der Waals surface area contributed by atoms with E-state index in [2.05, 4.69) is 57.7 Å². The molecule has 3 aromatic carbocycles. The normalized spacial score (nSPS) is 17.9. The van der Waals surface area contributed by atoms with Gasteiger partial charge in [0.25, 0.3) is 0 Å². The Morgan fingerprint density at radius 1 is 1.02 bits per heavy atom. The number of halogens is 2. The minimum Gasteiger partial charge on any atom is -0.487 e. The maximum atomic E-state index is 13.5. The first-order chi connectivity index (χ1) is 21.3. The van der Waals surface area contributed by atoms with E-state index in [1.54, 1.807) is 24.3 Å². The van der Waals surface area contributed by atoms with Crippen molar-refractivity contribution in [2.75, 3.05) is 25.0 Å². The number of piperazine rings is 1. The molecule has 1 aliphatic rings. The second-order valence-electron chi connectivity index (χ2n) is 11.6. The fraction of sp³-hybridized carbons (Fsp3) is 0.294. The number of aromatic nitrogens is 3.